The molecule has 130 valence electrons. The van der Waals surface area contributed by atoms with E-state index in [2.05, 4.69) is 15.5 Å². The largest absolute Gasteiger partial charge is 0.325 e. The Morgan fingerprint density at radius 2 is 1.83 bits per heavy atom. The summed E-state index contributed by atoms with van der Waals surface area (Å²) in [5.74, 6) is -2.65. The van der Waals surface area contributed by atoms with Crippen molar-refractivity contribution >= 4 is 35.1 Å². The standard InChI is InChI=1S/C15H18F2N4OS2/c1-9(2)21-8-18-20-15(21)23-10(3)13(22)19-11-4-6-12(7-5-11)24-14(16)17/h4-10,14H,1-3H3,(H,19,22). The molecule has 1 atom stereocenters. The first-order valence-corrected chi connectivity index (χ1v) is 9.04. The van der Waals surface area contributed by atoms with Crippen molar-refractivity contribution < 1.29 is 13.6 Å². The number of nitrogens with zero attached hydrogens (tertiary/aromatic N) is 3. The number of amides is 1. The highest BCUT2D eigenvalue weighted by Crippen LogP contribution is 2.27. The Bertz CT molecular complexity index is 676. The Balaban J connectivity index is 1.95. The first-order valence-electron chi connectivity index (χ1n) is 7.28. The van der Waals surface area contributed by atoms with Gasteiger partial charge in [0.05, 0.1) is 5.25 Å². The number of rotatable bonds is 7. The normalized spacial score (nSPS) is 12.6. The van der Waals surface area contributed by atoms with Gasteiger partial charge in [0.25, 0.3) is 5.76 Å². The van der Waals surface area contributed by atoms with Crippen LogP contribution in [0.5, 0.6) is 0 Å². The van der Waals surface area contributed by atoms with Crippen molar-refractivity contribution in [1.29, 1.82) is 0 Å². The van der Waals surface area contributed by atoms with Crippen molar-refractivity contribution in [3.05, 3.63) is 30.6 Å². The summed E-state index contributed by atoms with van der Waals surface area (Å²) in [6.45, 7) is 5.80. The number of alkyl halides is 2. The fourth-order valence-electron chi connectivity index (χ4n) is 1.85. The van der Waals surface area contributed by atoms with Crippen molar-refractivity contribution in [1.82, 2.24) is 14.8 Å². The van der Waals surface area contributed by atoms with Crippen molar-refractivity contribution in [2.45, 2.75) is 47.9 Å². The van der Waals surface area contributed by atoms with E-state index in [1.807, 2.05) is 18.4 Å². The number of aromatic nitrogens is 3. The molecule has 24 heavy (non-hydrogen) atoms. The molecule has 0 saturated carbocycles. The van der Waals surface area contributed by atoms with Gasteiger partial charge in [0, 0.05) is 16.6 Å². The van der Waals surface area contributed by atoms with Crippen LogP contribution >= 0.6 is 23.5 Å². The van der Waals surface area contributed by atoms with Crippen LogP contribution in [0, 0.1) is 0 Å². The molecule has 0 fully saturated rings. The molecule has 2 aromatic rings. The zero-order valence-electron chi connectivity index (χ0n) is 13.4. The van der Waals surface area contributed by atoms with Gasteiger partial charge in [-0.25, -0.2) is 0 Å². The van der Waals surface area contributed by atoms with E-state index in [1.54, 1.807) is 37.5 Å². The molecule has 0 spiro atoms. The molecule has 0 aliphatic carbocycles. The third-order valence-electron chi connectivity index (χ3n) is 3.09. The maximum atomic E-state index is 12.3. The molecule has 0 saturated heterocycles. The number of thioether (sulfide) groups is 2. The Kier molecular flexibility index (Phi) is 6.61. The van der Waals surface area contributed by atoms with Crippen LogP contribution in [0.25, 0.3) is 0 Å². The minimum absolute atomic E-state index is 0.187. The van der Waals surface area contributed by atoms with Crippen molar-refractivity contribution in [3.63, 3.8) is 0 Å². The van der Waals surface area contributed by atoms with E-state index >= 15 is 0 Å². The molecule has 0 radical (unpaired) electrons. The van der Waals surface area contributed by atoms with Gasteiger partial charge in [-0.05, 0) is 45.0 Å². The number of carbonyl (C=O) groups excluding carboxylic acids is 1. The monoisotopic (exact) mass is 372 g/mol. The van der Waals surface area contributed by atoms with Gasteiger partial charge in [-0.3, -0.25) is 4.79 Å². The Labute approximate surface area is 147 Å². The summed E-state index contributed by atoms with van der Waals surface area (Å²) in [7, 11) is 0. The lowest BCUT2D eigenvalue weighted by atomic mass is 10.3. The van der Waals surface area contributed by atoms with Gasteiger partial charge < -0.3 is 9.88 Å². The molecule has 0 aliphatic heterocycles. The van der Waals surface area contributed by atoms with Gasteiger partial charge in [-0.1, -0.05) is 23.5 Å². The number of nitrogens with one attached hydrogen (secondary N) is 1. The van der Waals surface area contributed by atoms with Gasteiger partial charge in [-0.15, -0.1) is 10.2 Å². The van der Waals surface area contributed by atoms with Crippen LogP contribution in [0.1, 0.15) is 26.8 Å². The summed E-state index contributed by atoms with van der Waals surface area (Å²) in [4.78, 5) is 12.7. The van der Waals surface area contributed by atoms with Gasteiger partial charge in [0.1, 0.15) is 6.33 Å². The lowest BCUT2D eigenvalue weighted by molar-refractivity contribution is -0.115. The molecule has 2 rings (SSSR count). The van der Waals surface area contributed by atoms with E-state index in [0.717, 1.165) is 0 Å². The molecule has 1 N–H and O–H groups in total. The second kappa shape index (κ2) is 8.48. The average Bonchev–Trinajstić information content (AvgIpc) is 2.97. The predicted molar refractivity (Wildman–Crippen MR) is 92.7 cm³/mol. The first kappa shape index (κ1) is 18.7. The number of benzene rings is 1. The quantitative estimate of drug-likeness (QED) is 0.735. The smallest absolute Gasteiger partial charge is 0.288 e. The zero-order chi connectivity index (χ0) is 17.7. The van der Waals surface area contributed by atoms with Crippen LogP contribution in [-0.4, -0.2) is 31.7 Å². The van der Waals surface area contributed by atoms with E-state index in [1.165, 1.54) is 11.8 Å². The average molecular weight is 372 g/mol. The van der Waals surface area contributed by atoms with E-state index < -0.39 is 5.76 Å². The summed E-state index contributed by atoms with van der Waals surface area (Å²) in [6, 6.07) is 6.53. The lowest BCUT2D eigenvalue weighted by Crippen LogP contribution is -2.23. The minimum Gasteiger partial charge on any atom is -0.325 e. The second-order valence-corrected chi connectivity index (χ2v) is 7.64. The second-order valence-electron chi connectivity index (χ2n) is 5.27. The number of hydrogen-bond acceptors (Lipinski definition) is 5. The van der Waals surface area contributed by atoms with Gasteiger partial charge in [-0.2, -0.15) is 8.78 Å². The van der Waals surface area contributed by atoms with Gasteiger partial charge in [0.2, 0.25) is 5.91 Å². The minimum atomic E-state index is -2.46. The lowest BCUT2D eigenvalue weighted by Gasteiger charge is -2.14. The topological polar surface area (TPSA) is 59.8 Å². The summed E-state index contributed by atoms with van der Waals surface area (Å²) in [5.41, 5.74) is 0.566. The molecule has 1 amide bonds. The van der Waals surface area contributed by atoms with E-state index in [9.17, 15) is 13.6 Å². The van der Waals surface area contributed by atoms with Crippen LogP contribution in [0.2, 0.25) is 0 Å². The summed E-state index contributed by atoms with van der Waals surface area (Å²) in [6.07, 6.45) is 1.64. The molecule has 5 nitrogen and oxygen atoms in total. The van der Waals surface area contributed by atoms with Crippen LogP contribution in [0.4, 0.5) is 14.5 Å². The maximum absolute atomic E-state index is 12.3. The molecule has 0 bridgehead atoms. The molecule has 1 unspecified atom stereocenters. The van der Waals surface area contributed by atoms with Gasteiger partial charge >= 0.3 is 0 Å². The highest BCUT2D eigenvalue weighted by molar-refractivity contribution is 8.00. The maximum Gasteiger partial charge on any atom is 0.288 e. The van der Waals surface area contributed by atoms with Gasteiger partial charge in [0.15, 0.2) is 5.16 Å². The SMILES string of the molecule is CC(Sc1nncn1C(C)C)C(=O)Nc1ccc(SC(F)F)cc1. The van der Waals surface area contributed by atoms with Crippen molar-refractivity contribution in [2.24, 2.45) is 0 Å². The highest BCUT2D eigenvalue weighted by atomic mass is 32.2. The zero-order valence-corrected chi connectivity index (χ0v) is 15.1. The van der Waals surface area contributed by atoms with Crippen LogP contribution in [0.15, 0.2) is 40.6 Å². The third kappa shape index (κ3) is 5.20. The van der Waals surface area contributed by atoms with E-state index in [0.29, 0.717) is 27.5 Å². The van der Waals surface area contributed by atoms with Crippen molar-refractivity contribution in [2.75, 3.05) is 5.32 Å². The Morgan fingerprint density at radius 1 is 1.17 bits per heavy atom. The third-order valence-corrected chi connectivity index (χ3v) is 4.89. The van der Waals surface area contributed by atoms with Crippen molar-refractivity contribution in [3.8, 4) is 0 Å². The van der Waals surface area contributed by atoms with Crippen LogP contribution in [-0.2, 0) is 4.79 Å². The molecule has 1 aromatic carbocycles. The molecular formula is C15H18F2N4OS2. The van der Waals surface area contributed by atoms with Crippen LogP contribution in [0.3, 0.4) is 0 Å². The number of anilines is 1. The van der Waals surface area contributed by atoms with E-state index in [-0.39, 0.29) is 17.2 Å². The summed E-state index contributed by atoms with van der Waals surface area (Å²) in [5, 5.41) is 11.0. The Morgan fingerprint density at radius 3 is 2.42 bits per heavy atom. The first-order chi connectivity index (χ1) is 11.4. The predicted octanol–water partition coefficient (Wildman–Crippen LogP) is 4.29. The molecule has 0 aliphatic rings. The fraction of sp³-hybridized carbons (Fsp3) is 0.400. The molecule has 1 aromatic heterocycles. The molecular weight excluding hydrogens is 354 g/mol. The molecule has 1 heterocycles. The number of halogens is 2. The number of carbonyl (C=O) groups is 1. The number of hydrogen-bond donors (Lipinski definition) is 1. The Hall–Kier alpha value is -1.61. The summed E-state index contributed by atoms with van der Waals surface area (Å²) < 4.78 is 26.5. The molecule has 9 heteroatoms. The van der Waals surface area contributed by atoms with Crippen LogP contribution < -0.4 is 5.32 Å². The highest BCUT2D eigenvalue weighted by Gasteiger charge is 2.19. The fourth-order valence-corrected chi connectivity index (χ4v) is 3.30. The summed E-state index contributed by atoms with van der Waals surface area (Å²) >= 11 is 1.79. The van der Waals surface area contributed by atoms with E-state index in [4.69, 9.17) is 0 Å².